The number of hydrogen-bond acceptors (Lipinski definition) is 3. The van der Waals surface area contributed by atoms with Crippen molar-refractivity contribution in [3.63, 3.8) is 0 Å². The van der Waals surface area contributed by atoms with Crippen molar-refractivity contribution < 1.29 is 13.2 Å². The number of carbonyl (C=O) groups is 1. The molecule has 4 nitrogen and oxygen atoms in total. The first-order valence-electron chi connectivity index (χ1n) is 8.24. The van der Waals surface area contributed by atoms with Crippen LogP contribution >= 0.6 is 0 Å². The van der Waals surface area contributed by atoms with Gasteiger partial charge in [-0.1, -0.05) is 30.3 Å². The summed E-state index contributed by atoms with van der Waals surface area (Å²) < 4.78 is 24.0. The van der Waals surface area contributed by atoms with E-state index in [4.69, 9.17) is 0 Å². The van der Waals surface area contributed by atoms with Crippen molar-refractivity contribution in [2.45, 2.75) is 30.6 Å². The highest BCUT2D eigenvalue weighted by atomic mass is 32.2. The van der Waals surface area contributed by atoms with E-state index in [2.05, 4.69) is 17.4 Å². The topological polar surface area (TPSA) is 63.2 Å². The summed E-state index contributed by atoms with van der Waals surface area (Å²) in [5, 5.41) is 2.91. The van der Waals surface area contributed by atoms with Crippen LogP contribution in [-0.4, -0.2) is 26.6 Å². The number of amides is 1. The molecule has 2 aromatic rings. The molecule has 0 fully saturated rings. The van der Waals surface area contributed by atoms with E-state index in [1.54, 1.807) is 18.2 Å². The van der Waals surface area contributed by atoms with Gasteiger partial charge in [0.25, 0.3) is 5.91 Å². The van der Waals surface area contributed by atoms with E-state index in [0.717, 1.165) is 18.4 Å². The molecule has 0 atom stereocenters. The Labute approximate surface area is 142 Å². The SMILES string of the molecule is O=C(NCCCc1ccccc1)c1ccc2c(c1)CCCS2(=O)=O. The summed E-state index contributed by atoms with van der Waals surface area (Å²) in [6.45, 7) is 0.600. The molecule has 0 aromatic heterocycles. The third kappa shape index (κ3) is 3.85. The van der Waals surface area contributed by atoms with Gasteiger partial charge in [-0.3, -0.25) is 4.79 Å². The van der Waals surface area contributed by atoms with Gasteiger partial charge in [0, 0.05) is 12.1 Å². The minimum absolute atomic E-state index is 0.145. The van der Waals surface area contributed by atoms with Gasteiger partial charge < -0.3 is 5.32 Å². The van der Waals surface area contributed by atoms with Gasteiger partial charge in [-0.05, 0) is 55.0 Å². The maximum atomic E-state index is 12.2. The van der Waals surface area contributed by atoms with Gasteiger partial charge in [-0.25, -0.2) is 8.42 Å². The average Bonchev–Trinajstić information content (AvgIpc) is 2.59. The lowest BCUT2D eigenvalue weighted by atomic mass is 10.1. The molecular weight excluding hydrogens is 322 g/mol. The standard InChI is InChI=1S/C19H21NO3S/c21-19(20-12-4-8-15-6-2-1-3-7-15)17-10-11-18-16(14-17)9-5-13-24(18,22)23/h1-3,6-7,10-11,14H,4-5,8-9,12-13H2,(H,20,21). The van der Waals surface area contributed by atoms with Crippen molar-refractivity contribution in [3.05, 3.63) is 65.2 Å². The second-order valence-corrected chi connectivity index (χ2v) is 8.17. The maximum Gasteiger partial charge on any atom is 0.251 e. The van der Waals surface area contributed by atoms with Crippen LogP contribution in [0.15, 0.2) is 53.4 Å². The van der Waals surface area contributed by atoms with Gasteiger partial charge in [0.15, 0.2) is 9.84 Å². The first-order valence-corrected chi connectivity index (χ1v) is 9.89. The van der Waals surface area contributed by atoms with Gasteiger partial charge in [-0.15, -0.1) is 0 Å². The monoisotopic (exact) mass is 343 g/mol. The van der Waals surface area contributed by atoms with Crippen LogP contribution in [0.5, 0.6) is 0 Å². The Morgan fingerprint density at radius 3 is 2.67 bits per heavy atom. The second-order valence-electron chi connectivity index (χ2n) is 6.09. The third-order valence-corrected chi connectivity index (χ3v) is 6.18. The zero-order valence-electron chi connectivity index (χ0n) is 13.5. The van der Waals surface area contributed by atoms with Gasteiger partial charge in [0.1, 0.15) is 0 Å². The molecule has 5 heteroatoms. The fourth-order valence-electron chi connectivity index (χ4n) is 3.02. The minimum Gasteiger partial charge on any atom is -0.352 e. The first-order chi connectivity index (χ1) is 11.6. The lowest BCUT2D eigenvalue weighted by Crippen LogP contribution is -2.25. The molecule has 0 spiro atoms. The Bertz CT molecular complexity index is 829. The van der Waals surface area contributed by atoms with Crippen LogP contribution in [0, 0.1) is 0 Å². The smallest absolute Gasteiger partial charge is 0.251 e. The minimum atomic E-state index is -3.17. The van der Waals surface area contributed by atoms with Gasteiger partial charge in [-0.2, -0.15) is 0 Å². The number of rotatable bonds is 5. The van der Waals surface area contributed by atoms with Crippen LogP contribution in [0.4, 0.5) is 0 Å². The Kier molecular flexibility index (Phi) is 5.00. The first kappa shape index (κ1) is 16.7. The molecular formula is C19H21NO3S. The number of benzene rings is 2. The fraction of sp³-hybridized carbons (Fsp3) is 0.316. The molecule has 0 saturated heterocycles. The fourth-order valence-corrected chi connectivity index (χ4v) is 4.60. The van der Waals surface area contributed by atoms with E-state index in [9.17, 15) is 13.2 Å². The van der Waals surface area contributed by atoms with Crippen LogP contribution in [0.2, 0.25) is 0 Å². The van der Waals surface area contributed by atoms with E-state index in [1.165, 1.54) is 5.56 Å². The van der Waals surface area contributed by atoms with Crippen molar-refractivity contribution in [2.75, 3.05) is 12.3 Å². The molecule has 0 bridgehead atoms. The number of fused-ring (bicyclic) bond motifs is 1. The molecule has 1 heterocycles. The van der Waals surface area contributed by atoms with Crippen molar-refractivity contribution in [1.29, 1.82) is 0 Å². The molecule has 126 valence electrons. The van der Waals surface area contributed by atoms with Crippen LogP contribution in [0.25, 0.3) is 0 Å². The molecule has 1 N–H and O–H groups in total. The summed E-state index contributed by atoms with van der Waals surface area (Å²) in [6, 6.07) is 15.1. The van der Waals surface area contributed by atoms with Crippen LogP contribution in [-0.2, 0) is 22.7 Å². The summed E-state index contributed by atoms with van der Waals surface area (Å²) in [6.07, 6.45) is 3.12. The number of hydrogen-bond donors (Lipinski definition) is 1. The number of aryl methyl sites for hydroxylation is 2. The second kappa shape index (κ2) is 7.18. The van der Waals surface area contributed by atoms with E-state index in [1.807, 2.05) is 18.2 Å². The molecule has 0 unspecified atom stereocenters. The van der Waals surface area contributed by atoms with Crippen molar-refractivity contribution in [2.24, 2.45) is 0 Å². The Balaban J connectivity index is 1.58. The largest absolute Gasteiger partial charge is 0.352 e. The van der Waals surface area contributed by atoms with Crippen molar-refractivity contribution in [1.82, 2.24) is 5.32 Å². The zero-order chi connectivity index (χ0) is 17.0. The number of nitrogens with one attached hydrogen (secondary N) is 1. The average molecular weight is 343 g/mol. The Morgan fingerprint density at radius 1 is 1.08 bits per heavy atom. The van der Waals surface area contributed by atoms with E-state index < -0.39 is 9.84 Å². The van der Waals surface area contributed by atoms with Crippen LogP contribution in [0.1, 0.15) is 34.3 Å². The summed E-state index contributed by atoms with van der Waals surface area (Å²) in [5.41, 5.74) is 2.55. The van der Waals surface area contributed by atoms with Gasteiger partial charge in [0.05, 0.1) is 10.6 Å². The normalized spacial score (nSPS) is 15.5. The summed E-state index contributed by atoms with van der Waals surface area (Å²) in [7, 11) is -3.17. The quantitative estimate of drug-likeness (QED) is 0.849. The molecule has 0 aliphatic carbocycles. The lowest BCUT2D eigenvalue weighted by molar-refractivity contribution is 0.0953. The van der Waals surface area contributed by atoms with Crippen molar-refractivity contribution >= 4 is 15.7 Å². The van der Waals surface area contributed by atoms with E-state index in [-0.39, 0.29) is 11.7 Å². The molecule has 3 rings (SSSR count). The van der Waals surface area contributed by atoms with Gasteiger partial charge in [0.2, 0.25) is 0 Å². The molecule has 1 aliphatic rings. The maximum absolute atomic E-state index is 12.2. The van der Waals surface area contributed by atoms with E-state index in [0.29, 0.717) is 29.8 Å². The number of sulfone groups is 1. The van der Waals surface area contributed by atoms with Crippen molar-refractivity contribution in [3.8, 4) is 0 Å². The predicted molar refractivity (Wildman–Crippen MR) is 93.9 cm³/mol. The highest BCUT2D eigenvalue weighted by Gasteiger charge is 2.24. The van der Waals surface area contributed by atoms with E-state index >= 15 is 0 Å². The summed E-state index contributed by atoms with van der Waals surface area (Å²) in [5.74, 6) is 0.0548. The highest BCUT2D eigenvalue weighted by Crippen LogP contribution is 2.25. The van der Waals surface area contributed by atoms with Crippen LogP contribution < -0.4 is 5.32 Å². The lowest BCUT2D eigenvalue weighted by Gasteiger charge is -2.17. The Hall–Kier alpha value is -2.14. The molecule has 0 saturated carbocycles. The molecule has 2 aromatic carbocycles. The molecule has 1 amide bonds. The Morgan fingerprint density at radius 2 is 1.88 bits per heavy atom. The molecule has 1 aliphatic heterocycles. The predicted octanol–water partition coefficient (Wildman–Crippen LogP) is 2.77. The number of carbonyl (C=O) groups excluding carboxylic acids is 1. The molecule has 0 radical (unpaired) electrons. The zero-order valence-corrected chi connectivity index (χ0v) is 14.3. The van der Waals surface area contributed by atoms with Gasteiger partial charge >= 0.3 is 0 Å². The highest BCUT2D eigenvalue weighted by molar-refractivity contribution is 7.91. The van der Waals surface area contributed by atoms with Crippen LogP contribution in [0.3, 0.4) is 0 Å². The summed E-state index contributed by atoms with van der Waals surface area (Å²) in [4.78, 5) is 12.6. The summed E-state index contributed by atoms with van der Waals surface area (Å²) >= 11 is 0. The molecule has 24 heavy (non-hydrogen) atoms. The third-order valence-electron chi connectivity index (χ3n) is 4.29.